The zero-order chi connectivity index (χ0) is 15.5. The van der Waals surface area contributed by atoms with E-state index in [0.29, 0.717) is 5.56 Å². The number of fused-ring (bicyclic) bond motifs is 1. The zero-order valence-electron chi connectivity index (χ0n) is 12.8. The quantitative estimate of drug-likeness (QED) is 0.797. The Balaban J connectivity index is 1.93. The molecule has 0 atom stereocenters. The van der Waals surface area contributed by atoms with Crippen molar-refractivity contribution in [1.29, 1.82) is 0 Å². The summed E-state index contributed by atoms with van der Waals surface area (Å²) >= 11 is 0. The molecule has 1 N–H and O–H groups in total. The van der Waals surface area contributed by atoms with Crippen molar-refractivity contribution in [3.8, 4) is 0 Å². The molecule has 0 spiro atoms. The second-order valence-corrected chi connectivity index (χ2v) is 5.25. The number of para-hydroxylation sites is 1. The summed E-state index contributed by atoms with van der Waals surface area (Å²) in [5, 5.41) is 3.09. The standard InChI is InChI=1S/C18H19N3O/c1-3-13-6-5-7-14(4-2)17(13)20-18(22)15-8-9-21-12-19-11-16(21)10-15/h5-12H,3-4H2,1-2H3,(H,20,22). The number of benzene rings is 1. The smallest absolute Gasteiger partial charge is 0.255 e. The summed E-state index contributed by atoms with van der Waals surface area (Å²) in [6.45, 7) is 4.20. The molecule has 2 aromatic heterocycles. The van der Waals surface area contributed by atoms with Gasteiger partial charge in [-0.3, -0.25) is 4.79 Å². The van der Waals surface area contributed by atoms with Crippen molar-refractivity contribution in [3.05, 3.63) is 65.7 Å². The van der Waals surface area contributed by atoms with Crippen LogP contribution < -0.4 is 5.32 Å². The van der Waals surface area contributed by atoms with E-state index in [1.165, 1.54) is 0 Å². The fourth-order valence-corrected chi connectivity index (χ4v) is 2.65. The van der Waals surface area contributed by atoms with Crippen LogP contribution >= 0.6 is 0 Å². The molecule has 3 aromatic rings. The molecule has 1 amide bonds. The highest BCUT2D eigenvalue weighted by Crippen LogP contribution is 2.23. The molecule has 0 unspecified atom stereocenters. The van der Waals surface area contributed by atoms with Gasteiger partial charge >= 0.3 is 0 Å². The maximum absolute atomic E-state index is 12.6. The first-order valence-corrected chi connectivity index (χ1v) is 7.56. The Morgan fingerprint density at radius 1 is 1.18 bits per heavy atom. The number of nitrogens with zero attached hydrogens (tertiary/aromatic N) is 2. The number of aromatic nitrogens is 2. The number of imidazole rings is 1. The van der Waals surface area contributed by atoms with Gasteiger partial charge in [-0.05, 0) is 36.1 Å². The third kappa shape index (κ3) is 2.60. The second-order valence-electron chi connectivity index (χ2n) is 5.25. The van der Waals surface area contributed by atoms with Crippen molar-refractivity contribution in [3.63, 3.8) is 0 Å². The predicted octanol–water partition coefficient (Wildman–Crippen LogP) is 3.71. The van der Waals surface area contributed by atoms with Gasteiger partial charge in [-0.2, -0.15) is 0 Å². The SMILES string of the molecule is CCc1cccc(CC)c1NC(=O)c1ccn2cncc2c1. The molecular formula is C18H19N3O. The van der Waals surface area contributed by atoms with E-state index in [4.69, 9.17) is 0 Å². The molecule has 0 fully saturated rings. The van der Waals surface area contributed by atoms with E-state index in [1.807, 2.05) is 28.8 Å². The summed E-state index contributed by atoms with van der Waals surface area (Å²) in [4.78, 5) is 16.6. The number of aryl methyl sites for hydroxylation is 2. The van der Waals surface area contributed by atoms with Crippen LogP contribution in [0.15, 0.2) is 49.1 Å². The van der Waals surface area contributed by atoms with Crippen LogP contribution in [-0.2, 0) is 12.8 Å². The fraction of sp³-hybridized carbons (Fsp3) is 0.222. The van der Waals surface area contributed by atoms with Gasteiger partial charge in [-0.15, -0.1) is 0 Å². The summed E-state index contributed by atoms with van der Waals surface area (Å²) in [5.74, 6) is -0.0840. The molecule has 22 heavy (non-hydrogen) atoms. The Bertz CT molecular complexity index is 798. The van der Waals surface area contributed by atoms with Crippen molar-refractivity contribution < 1.29 is 4.79 Å². The molecule has 4 heteroatoms. The van der Waals surface area contributed by atoms with E-state index in [0.717, 1.165) is 35.2 Å². The molecule has 0 saturated heterocycles. The van der Waals surface area contributed by atoms with E-state index in [-0.39, 0.29) is 5.91 Å². The molecule has 0 radical (unpaired) electrons. The number of carbonyl (C=O) groups excluding carboxylic acids is 1. The fourth-order valence-electron chi connectivity index (χ4n) is 2.65. The predicted molar refractivity (Wildman–Crippen MR) is 88.3 cm³/mol. The number of pyridine rings is 1. The molecule has 112 valence electrons. The van der Waals surface area contributed by atoms with Gasteiger partial charge in [0.2, 0.25) is 0 Å². The normalized spacial score (nSPS) is 10.8. The zero-order valence-corrected chi connectivity index (χ0v) is 12.8. The molecule has 0 aliphatic heterocycles. The average Bonchev–Trinajstić information content (AvgIpc) is 3.02. The minimum atomic E-state index is -0.0840. The Hall–Kier alpha value is -2.62. The molecule has 0 aliphatic rings. The van der Waals surface area contributed by atoms with Crippen LogP contribution in [0.5, 0.6) is 0 Å². The number of anilines is 1. The van der Waals surface area contributed by atoms with Gasteiger partial charge in [0.15, 0.2) is 0 Å². The molecule has 4 nitrogen and oxygen atoms in total. The monoisotopic (exact) mass is 293 g/mol. The van der Waals surface area contributed by atoms with Gasteiger partial charge in [0.05, 0.1) is 18.0 Å². The lowest BCUT2D eigenvalue weighted by atomic mass is 10.0. The molecule has 3 rings (SSSR count). The molecule has 2 heterocycles. The Morgan fingerprint density at radius 2 is 1.91 bits per heavy atom. The van der Waals surface area contributed by atoms with Gasteiger partial charge in [0, 0.05) is 17.4 Å². The lowest BCUT2D eigenvalue weighted by Gasteiger charge is -2.14. The average molecular weight is 293 g/mol. The number of carbonyl (C=O) groups is 1. The molecule has 0 saturated carbocycles. The van der Waals surface area contributed by atoms with Crippen LogP contribution in [0, 0.1) is 0 Å². The van der Waals surface area contributed by atoms with Crippen LogP contribution in [0.3, 0.4) is 0 Å². The van der Waals surface area contributed by atoms with Crippen LogP contribution in [0.2, 0.25) is 0 Å². The largest absolute Gasteiger partial charge is 0.321 e. The number of hydrogen-bond donors (Lipinski definition) is 1. The lowest BCUT2D eigenvalue weighted by Crippen LogP contribution is -2.15. The van der Waals surface area contributed by atoms with E-state index in [1.54, 1.807) is 12.5 Å². The highest BCUT2D eigenvalue weighted by molar-refractivity contribution is 6.05. The van der Waals surface area contributed by atoms with Crippen molar-refractivity contribution in [2.75, 3.05) is 5.32 Å². The topological polar surface area (TPSA) is 46.4 Å². The third-order valence-electron chi connectivity index (χ3n) is 3.91. The van der Waals surface area contributed by atoms with Gasteiger partial charge in [0.25, 0.3) is 5.91 Å². The highest BCUT2D eigenvalue weighted by atomic mass is 16.1. The van der Waals surface area contributed by atoms with Gasteiger partial charge in [-0.1, -0.05) is 32.0 Å². The number of amides is 1. The van der Waals surface area contributed by atoms with E-state index in [2.05, 4.69) is 36.3 Å². The van der Waals surface area contributed by atoms with E-state index in [9.17, 15) is 4.79 Å². The van der Waals surface area contributed by atoms with Gasteiger partial charge in [0.1, 0.15) is 0 Å². The number of nitrogens with one attached hydrogen (secondary N) is 1. The Labute approximate surface area is 129 Å². The summed E-state index contributed by atoms with van der Waals surface area (Å²) in [6, 6.07) is 9.84. The summed E-state index contributed by atoms with van der Waals surface area (Å²) in [6.07, 6.45) is 7.10. The number of hydrogen-bond acceptors (Lipinski definition) is 2. The lowest BCUT2D eigenvalue weighted by molar-refractivity contribution is 0.102. The Kier molecular flexibility index (Phi) is 3.92. The number of rotatable bonds is 4. The van der Waals surface area contributed by atoms with Gasteiger partial charge in [-0.25, -0.2) is 4.98 Å². The first-order valence-electron chi connectivity index (χ1n) is 7.56. The Morgan fingerprint density at radius 3 is 2.59 bits per heavy atom. The third-order valence-corrected chi connectivity index (χ3v) is 3.91. The van der Waals surface area contributed by atoms with Crippen LogP contribution in [-0.4, -0.2) is 15.3 Å². The van der Waals surface area contributed by atoms with Gasteiger partial charge < -0.3 is 9.72 Å². The van der Waals surface area contributed by atoms with Crippen molar-refractivity contribution in [1.82, 2.24) is 9.38 Å². The summed E-state index contributed by atoms with van der Waals surface area (Å²) in [7, 11) is 0. The van der Waals surface area contributed by atoms with E-state index >= 15 is 0 Å². The van der Waals surface area contributed by atoms with Crippen LogP contribution in [0.4, 0.5) is 5.69 Å². The highest BCUT2D eigenvalue weighted by Gasteiger charge is 2.12. The molecule has 0 bridgehead atoms. The first kappa shape index (κ1) is 14.3. The van der Waals surface area contributed by atoms with Crippen LogP contribution in [0.1, 0.15) is 35.3 Å². The maximum atomic E-state index is 12.6. The first-order chi connectivity index (χ1) is 10.7. The van der Waals surface area contributed by atoms with Crippen molar-refractivity contribution in [2.45, 2.75) is 26.7 Å². The summed E-state index contributed by atoms with van der Waals surface area (Å²) in [5.41, 5.74) is 4.83. The van der Waals surface area contributed by atoms with E-state index < -0.39 is 0 Å². The molecular weight excluding hydrogens is 274 g/mol. The second kappa shape index (κ2) is 6.02. The molecule has 1 aromatic carbocycles. The van der Waals surface area contributed by atoms with Crippen molar-refractivity contribution in [2.24, 2.45) is 0 Å². The molecule has 0 aliphatic carbocycles. The summed E-state index contributed by atoms with van der Waals surface area (Å²) < 4.78 is 1.88. The maximum Gasteiger partial charge on any atom is 0.255 e. The van der Waals surface area contributed by atoms with Crippen molar-refractivity contribution >= 4 is 17.1 Å². The minimum absolute atomic E-state index is 0.0840. The van der Waals surface area contributed by atoms with Crippen LogP contribution in [0.25, 0.3) is 5.52 Å². The minimum Gasteiger partial charge on any atom is -0.321 e.